The fourth-order valence-electron chi connectivity index (χ4n) is 2.18. The molecule has 0 radical (unpaired) electrons. The van der Waals surface area contributed by atoms with E-state index in [2.05, 4.69) is 5.32 Å². The van der Waals surface area contributed by atoms with E-state index in [1.54, 1.807) is 12.1 Å². The molecule has 0 fully saturated rings. The number of benzene rings is 2. The van der Waals surface area contributed by atoms with Crippen molar-refractivity contribution in [2.45, 2.75) is 19.4 Å². The third-order valence-electron chi connectivity index (χ3n) is 3.13. The third-order valence-corrected chi connectivity index (χ3v) is 3.13. The average molecular weight is 279 g/mol. The lowest BCUT2D eigenvalue weighted by Gasteiger charge is -2.19. The molecule has 2 aromatic rings. The first-order chi connectivity index (χ1) is 9.60. The molecule has 106 valence electrons. The molecule has 2 rings (SSSR count). The van der Waals surface area contributed by atoms with Crippen molar-refractivity contribution in [3.8, 4) is 0 Å². The summed E-state index contributed by atoms with van der Waals surface area (Å²) in [5, 5.41) is 3.20. The van der Waals surface area contributed by atoms with Crippen LogP contribution in [0, 0.1) is 17.5 Å². The van der Waals surface area contributed by atoms with Crippen molar-refractivity contribution >= 4 is 0 Å². The molecule has 4 heteroatoms. The highest BCUT2D eigenvalue weighted by Gasteiger charge is 2.14. The quantitative estimate of drug-likeness (QED) is 0.872. The van der Waals surface area contributed by atoms with Gasteiger partial charge >= 0.3 is 0 Å². The number of rotatable bonds is 5. The summed E-state index contributed by atoms with van der Waals surface area (Å²) in [6, 6.07) is 9.93. The molecule has 20 heavy (non-hydrogen) atoms. The lowest BCUT2D eigenvalue weighted by atomic mass is 9.98. The Morgan fingerprint density at radius 1 is 1.00 bits per heavy atom. The van der Waals surface area contributed by atoms with Crippen LogP contribution in [0.1, 0.15) is 24.1 Å². The molecule has 0 aliphatic carbocycles. The van der Waals surface area contributed by atoms with Crippen LogP contribution in [0.4, 0.5) is 13.2 Å². The number of hydrogen-bond donors (Lipinski definition) is 1. The van der Waals surface area contributed by atoms with Crippen molar-refractivity contribution < 1.29 is 13.2 Å². The second kappa shape index (κ2) is 6.57. The van der Waals surface area contributed by atoms with Crippen molar-refractivity contribution in [1.29, 1.82) is 0 Å². The minimum atomic E-state index is -0.871. The first-order valence-corrected chi connectivity index (χ1v) is 6.53. The minimum Gasteiger partial charge on any atom is -0.310 e. The van der Waals surface area contributed by atoms with Gasteiger partial charge in [0.1, 0.15) is 5.82 Å². The minimum absolute atomic E-state index is 0.183. The van der Waals surface area contributed by atoms with Crippen LogP contribution in [-0.4, -0.2) is 6.54 Å². The number of halogens is 3. The Bertz CT molecular complexity index is 584. The van der Waals surface area contributed by atoms with Crippen LogP contribution in [0.5, 0.6) is 0 Å². The van der Waals surface area contributed by atoms with E-state index in [0.717, 1.165) is 11.6 Å². The van der Waals surface area contributed by atoms with Gasteiger partial charge in [-0.2, -0.15) is 0 Å². The largest absolute Gasteiger partial charge is 0.310 e. The highest BCUT2D eigenvalue weighted by atomic mass is 19.2. The zero-order chi connectivity index (χ0) is 14.5. The predicted molar refractivity (Wildman–Crippen MR) is 72.9 cm³/mol. The molecule has 1 nitrogen and oxygen atoms in total. The van der Waals surface area contributed by atoms with E-state index in [9.17, 15) is 13.2 Å². The number of likely N-dealkylation sites (N-methyl/N-ethyl adjacent to an activating group) is 1. The standard InChI is InChI=1S/C16H16F3N/c1-2-20-16(9-11-4-3-5-13(17)8-11)12-6-7-14(18)15(19)10-12/h3-8,10,16,20H,2,9H2,1H3. The Labute approximate surface area is 116 Å². The summed E-state index contributed by atoms with van der Waals surface area (Å²) in [6.07, 6.45) is 0.511. The van der Waals surface area contributed by atoms with Crippen LogP contribution in [0.25, 0.3) is 0 Å². The molecule has 0 saturated heterocycles. The summed E-state index contributed by atoms with van der Waals surface area (Å²) in [6.45, 7) is 2.61. The fourth-order valence-corrected chi connectivity index (χ4v) is 2.18. The van der Waals surface area contributed by atoms with E-state index in [4.69, 9.17) is 0 Å². The van der Waals surface area contributed by atoms with E-state index in [-0.39, 0.29) is 11.9 Å². The maximum atomic E-state index is 13.3. The summed E-state index contributed by atoms with van der Waals surface area (Å²) in [5.74, 6) is -2.04. The van der Waals surface area contributed by atoms with Crippen molar-refractivity contribution in [3.05, 3.63) is 71.0 Å². The molecular weight excluding hydrogens is 263 g/mol. The molecule has 0 spiro atoms. The summed E-state index contributed by atoms with van der Waals surface area (Å²) < 4.78 is 39.5. The van der Waals surface area contributed by atoms with Gasteiger partial charge in [0, 0.05) is 6.04 Å². The molecule has 0 heterocycles. The Morgan fingerprint density at radius 2 is 1.80 bits per heavy atom. The Balaban J connectivity index is 2.24. The van der Waals surface area contributed by atoms with E-state index in [1.807, 2.05) is 13.0 Å². The second-order valence-electron chi connectivity index (χ2n) is 4.62. The van der Waals surface area contributed by atoms with Gasteiger partial charge in [0.2, 0.25) is 0 Å². The van der Waals surface area contributed by atoms with E-state index in [0.29, 0.717) is 18.5 Å². The molecule has 0 saturated carbocycles. The van der Waals surface area contributed by atoms with Gasteiger partial charge < -0.3 is 5.32 Å². The van der Waals surface area contributed by atoms with Gasteiger partial charge in [0.25, 0.3) is 0 Å². The average Bonchev–Trinajstić information content (AvgIpc) is 2.41. The van der Waals surface area contributed by atoms with Crippen molar-refractivity contribution in [3.63, 3.8) is 0 Å². The summed E-state index contributed by atoms with van der Waals surface area (Å²) >= 11 is 0. The van der Waals surface area contributed by atoms with Gasteiger partial charge in [-0.15, -0.1) is 0 Å². The first-order valence-electron chi connectivity index (χ1n) is 6.53. The molecule has 0 bridgehead atoms. The van der Waals surface area contributed by atoms with Crippen molar-refractivity contribution in [1.82, 2.24) is 5.32 Å². The Morgan fingerprint density at radius 3 is 2.45 bits per heavy atom. The molecule has 1 atom stereocenters. The van der Waals surface area contributed by atoms with Gasteiger partial charge in [-0.1, -0.05) is 25.1 Å². The van der Waals surface area contributed by atoms with Gasteiger partial charge in [-0.3, -0.25) is 0 Å². The summed E-state index contributed by atoms with van der Waals surface area (Å²) in [4.78, 5) is 0. The highest BCUT2D eigenvalue weighted by molar-refractivity contribution is 5.25. The monoisotopic (exact) mass is 279 g/mol. The molecular formula is C16H16F3N. The molecule has 1 unspecified atom stereocenters. The van der Waals surface area contributed by atoms with Crippen LogP contribution in [0.15, 0.2) is 42.5 Å². The lowest BCUT2D eigenvalue weighted by molar-refractivity contribution is 0.496. The van der Waals surface area contributed by atoms with E-state index >= 15 is 0 Å². The predicted octanol–water partition coefficient (Wildman–Crippen LogP) is 4.00. The summed E-state index contributed by atoms with van der Waals surface area (Å²) in [7, 11) is 0. The van der Waals surface area contributed by atoms with Gasteiger partial charge in [-0.05, 0) is 48.4 Å². The number of nitrogens with one attached hydrogen (secondary N) is 1. The summed E-state index contributed by atoms with van der Waals surface area (Å²) in [5.41, 5.74) is 1.45. The lowest BCUT2D eigenvalue weighted by Crippen LogP contribution is -2.23. The van der Waals surface area contributed by atoms with Gasteiger partial charge in [-0.25, -0.2) is 13.2 Å². The van der Waals surface area contributed by atoms with Crippen LogP contribution >= 0.6 is 0 Å². The van der Waals surface area contributed by atoms with Crippen LogP contribution in [-0.2, 0) is 6.42 Å². The van der Waals surface area contributed by atoms with Crippen molar-refractivity contribution in [2.24, 2.45) is 0 Å². The van der Waals surface area contributed by atoms with Crippen LogP contribution < -0.4 is 5.32 Å². The Kier molecular flexibility index (Phi) is 4.79. The van der Waals surface area contributed by atoms with Gasteiger partial charge in [0.15, 0.2) is 11.6 Å². The topological polar surface area (TPSA) is 12.0 Å². The SMILES string of the molecule is CCNC(Cc1cccc(F)c1)c1ccc(F)c(F)c1. The first kappa shape index (κ1) is 14.6. The zero-order valence-corrected chi connectivity index (χ0v) is 11.2. The number of hydrogen-bond acceptors (Lipinski definition) is 1. The molecule has 0 aromatic heterocycles. The maximum Gasteiger partial charge on any atom is 0.159 e. The molecule has 0 aliphatic rings. The smallest absolute Gasteiger partial charge is 0.159 e. The van der Waals surface area contributed by atoms with Crippen LogP contribution in [0.2, 0.25) is 0 Å². The third kappa shape index (κ3) is 3.61. The maximum absolute atomic E-state index is 13.3. The van der Waals surface area contributed by atoms with Gasteiger partial charge in [0.05, 0.1) is 0 Å². The molecule has 2 aromatic carbocycles. The highest BCUT2D eigenvalue weighted by Crippen LogP contribution is 2.21. The molecule has 0 aliphatic heterocycles. The van der Waals surface area contributed by atoms with E-state index in [1.165, 1.54) is 18.2 Å². The zero-order valence-electron chi connectivity index (χ0n) is 11.2. The van der Waals surface area contributed by atoms with E-state index < -0.39 is 11.6 Å². The molecule has 1 N–H and O–H groups in total. The van der Waals surface area contributed by atoms with Crippen LogP contribution in [0.3, 0.4) is 0 Å². The van der Waals surface area contributed by atoms with Crippen molar-refractivity contribution in [2.75, 3.05) is 6.54 Å². The normalized spacial score (nSPS) is 12.4. The molecule has 0 amide bonds. The fraction of sp³-hybridized carbons (Fsp3) is 0.250. The Hall–Kier alpha value is -1.81. The second-order valence-corrected chi connectivity index (χ2v) is 4.62.